The summed E-state index contributed by atoms with van der Waals surface area (Å²) < 4.78 is 5.13. The third-order valence-corrected chi connectivity index (χ3v) is 3.31. The Morgan fingerprint density at radius 2 is 1.92 bits per heavy atom. The van der Waals surface area contributed by atoms with E-state index < -0.39 is 0 Å². The molecule has 25 heavy (non-hydrogen) atoms. The number of aliphatic imine (C=N–C) groups is 1. The fourth-order valence-corrected chi connectivity index (χ4v) is 2.09. The highest BCUT2D eigenvalue weighted by molar-refractivity contribution is 14.0. The van der Waals surface area contributed by atoms with Crippen LogP contribution in [-0.4, -0.2) is 32.1 Å². The molecule has 0 spiro atoms. The second-order valence-corrected chi connectivity index (χ2v) is 5.14. The highest BCUT2D eigenvalue weighted by atomic mass is 127. The number of hydrogen-bond acceptors (Lipinski definition) is 3. The summed E-state index contributed by atoms with van der Waals surface area (Å²) in [6, 6.07) is 17.3. The second-order valence-electron chi connectivity index (χ2n) is 5.14. The van der Waals surface area contributed by atoms with Gasteiger partial charge in [0.1, 0.15) is 12.3 Å². The molecule has 0 fully saturated rings. The van der Waals surface area contributed by atoms with Crippen LogP contribution in [0.4, 0.5) is 5.69 Å². The predicted molar refractivity (Wildman–Crippen MR) is 112 cm³/mol. The molecule has 0 saturated heterocycles. The van der Waals surface area contributed by atoms with E-state index in [1.165, 1.54) is 5.56 Å². The Hall–Kier alpha value is -2.29. The predicted octanol–water partition coefficient (Wildman–Crippen LogP) is 2.40. The van der Waals surface area contributed by atoms with E-state index in [1.807, 2.05) is 48.5 Å². The monoisotopic (exact) mass is 454 g/mol. The molecule has 2 aromatic rings. The minimum atomic E-state index is -0.165. The van der Waals surface area contributed by atoms with E-state index in [0.29, 0.717) is 12.3 Å². The number of amides is 1. The standard InChI is InChI=1S/C18H22N4O2.HI/c1-24-16-9-5-8-15(12-16)22-18(19)21-13-17(23)20-11-10-14-6-3-2-4-7-14;/h2-9,12H,10-11,13H2,1H3,(H,20,23)(H3,19,21,22);1H. The fraction of sp³-hybridized carbons (Fsp3) is 0.222. The van der Waals surface area contributed by atoms with Gasteiger partial charge in [0, 0.05) is 18.3 Å². The fourth-order valence-electron chi connectivity index (χ4n) is 2.09. The lowest BCUT2D eigenvalue weighted by Gasteiger charge is -2.07. The lowest BCUT2D eigenvalue weighted by atomic mass is 10.1. The van der Waals surface area contributed by atoms with Crippen molar-refractivity contribution in [2.45, 2.75) is 6.42 Å². The van der Waals surface area contributed by atoms with Crippen molar-refractivity contribution in [1.29, 1.82) is 0 Å². The van der Waals surface area contributed by atoms with Crippen LogP contribution in [0.3, 0.4) is 0 Å². The number of carbonyl (C=O) groups is 1. The van der Waals surface area contributed by atoms with Crippen molar-refractivity contribution in [3.63, 3.8) is 0 Å². The van der Waals surface area contributed by atoms with Crippen LogP contribution in [0.1, 0.15) is 5.56 Å². The van der Waals surface area contributed by atoms with Crippen molar-refractivity contribution < 1.29 is 9.53 Å². The Bertz CT molecular complexity index is 692. The van der Waals surface area contributed by atoms with Gasteiger partial charge in [-0.15, -0.1) is 24.0 Å². The quantitative estimate of drug-likeness (QED) is 0.341. The molecule has 0 aliphatic rings. The van der Waals surface area contributed by atoms with Crippen molar-refractivity contribution >= 4 is 41.5 Å². The van der Waals surface area contributed by atoms with E-state index in [2.05, 4.69) is 15.6 Å². The van der Waals surface area contributed by atoms with Crippen LogP contribution < -0.4 is 21.1 Å². The van der Waals surface area contributed by atoms with E-state index in [0.717, 1.165) is 12.1 Å². The normalized spacial score (nSPS) is 10.5. The maximum Gasteiger partial charge on any atom is 0.241 e. The first-order valence-corrected chi connectivity index (χ1v) is 7.69. The van der Waals surface area contributed by atoms with E-state index in [-0.39, 0.29) is 42.4 Å². The molecule has 0 bridgehead atoms. The molecule has 0 heterocycles. The maximum absolute atomic E-state index is 11.8. The van der Waals surface area contributed by atoms with Gasteiger partial charge in [-0.1, -0.05) is 36.4 Å². The number of hydrogen-bond donors (Lipinski definition) is 3. The van der Waals surface area contributed by atoms with E-state index in [1.54, 1.807) is 13.2 Å². The maximum atomic E-state index is 11.8. The molecule has 7 heteroatoms. The van der Waals surface area contributed by atoms with Crippen LogP contribution in [0.5, 0.6) is 5.75 Å². The Kier molecular flexibility index (Phi) is 9.38. The molecular weight excluding hydrogens is 431 g/mol. The Morgan fingerprint density at radius 3 is 2.64 bits per heavy atom. The topological polar surface area (TPSA) is 88.7 Å². The summed E-state index contributed by atoms with van der Waals surface area (Å²) in [7, 11) is 1.59. The zero-order valence-corrected chi connectivity index (χ0v) is 16.4. The number of halogens is 1. The van der Waals surface area contributed by atoms with Gasteiger partial charge in [-0.2, -0.15) is 0 Å². The average Bonchev–Trinajstić information content (AvgIpc) is 2.61. The van der Waals surface area contributed by atoms with Crippen molar-refractivity contribution in [2.75, 3.05) is 25.5 Å². The molecule has 0 aliphatic heterocycles. The number of anilines is 1. The Morgan fingerprint density at radius 1 is 1.16 bits per heavy atom. The molecule has 0 aromatic heterocycles. The van der Waals surface area contributed by atoms with Crippen LogP contribution >= 0.6 is 24.0 Å². The molecule has 2 rings (SSSR count). The molecule has 6 nitrogen and oxygen atoms in total. The van der Waals surface area contributed by atoms with Crippen molar-refractivity contribution in [3.05, 3.63) is 60.2 Å². The van der Waals surface area contributed by atoms with Gasteiger partial charge >= 0.3 is 0 Å². The van der Waals surface area contributed by atoms with E-state index >= 15 is 0 Å². The molecular formula is C18H23IN4O2. The Balaban J connectivity index is 0.00000312. The lowest BCUT2D eigenvalue weighted by Crippen LogP contribution is -2.30. The molecule has 0 saturated carbocycles. The van der Waals surface area contributed by atoms with Crippen LogP contribution in [0.2, 0.25) is 0 Å². The van der Waals surface area contributed by atoms with Crippen LogP contribution in [-0.2, 0) is 11.2 Å². The van der Waals surface area contributed by atoms with Crippen molar-refractivity contribution in [2.24, 2.45) is 10.7 Å². The SMILES string of the molecule is COc1cccc(NC(N)=NCC(=O)NCCc2ccccc2)c1.I. The van der Waals surface area contributed by atoms with Crippen molar-refractivity contribution in [1.82, 2.24) is 5.32 Å². The summed E-state index contributed by atoms with van der Waals surface area (Å²) >= 11 is 0. The number of guanidine groups is 1. The number of carbonyl (C=O) groups excluding carboxylic acids is 1. The highest BCUT2D eigenvalue weighted by Gasteiger charge is 2.01. The number of rotatable bonds is 7. The van der Waals surface area contributed by atoms with Gasteiger partial charge in [-0.3, -0.25) is 4.79 Å². The molecule has 0 atom stereocenters. The van der Waals surface area contributed by atoms with Crippen LogP contribution in [0, 0.1) is 0 Å². The number of benzene rings is 2. The largest absolute Gasteiger partial charge is 0.497 e. The molecule has 0 radical (unpaired) electrons. The van der Waals surface area contributed by atoms with Gasteiger partial charge in [-0.05, 0) is 24.1 Å². The molecule has 134 valence electrons. The lowest BCUT2D eigenvalue weighted by molar-refractivity contribution is -0.119. The average molecular weight is 454 g/mol. The summed E-state index contributed by atoms with van der Waals surface area (Å²) in [5, 5.41) is 5.74. The van der Waals surface area contributed by atoms with E-state index in [4.69, 9.17) is 10.5 Å². The molecule has 2 aromatic carbocycles. The van der Waals surface area contributed by atoms with Crippen LogP contribution in [0.15, 0.2) is 59.6 Å². The van der Waals surface area contributed by atoms with E-state index in [9.17, 15) is 4.79 Å². The second kappa shape index (κ2) is 11.3. The van der Waals surface area contributed by atoms with Crippen LogP contribution in [0.25, 0.3) is 0 Å². The first kappa shape index (κ1) is 20.8. The van der Waals surface area contributed by atoms with Gasteiger partial charge in [-0.25, -0.2) is 4.99 Å². The van der Waals surface area contributed by atoms with Gasteiger partial charge < -0.3 is 21.1 Å². The first-order valence-electron chi connectivity index (χ1n) is 7.69. The summed E-state index contributed by atoms with van der Waals surface area (Å²) in [6.07, 6.45) is 0.786. The van der Waals surface area contributed by atoms with Gasteiger partial charge in [0.25, 0.3) is 0 Å². The first-order chi connectivity index (χ1) is 11.7. The number of ether oxygens (including phenoxy) is 1. The minimum absolute atomic E-state index is 0. The summed E-state index contributed by atoms with van der Waals surface area (Å²) in [5.74, 6) is 0.731. The summed E-state index contributed by atoms with van der Waals surface area (Å²) in [5.41, 5.74) is 7.71. The number of methoxy groups -OCH3 is 1. The van der Waals surface area contributed by atoms with Gasteiger partial charge in [0.2, 0.25) is 5.91 Å². The molecule has 4 N–H and O–H groups in total. The summed E-state index contributed by atoms with van der Waals surface area (Å²) in [6.45, 7) is 0.555. The zero-order chi connectivity index (χ0) is 17.2. The van der Waals surface area contributed by atoms with Gasteiger partial charge in [0.15, 0.2) is 5.96 Å². The van der Waals surface area contributed by atoms with Crippen molar-refractivity contribution in [3.8, 4) is 5.75 Å². The number of nitrogens with zero attached hydrogens (tertiary/aromatic N) is 1. The third-order valence-electron chi connectivity index (χ3n) is 3.31. The highest BCUT2D eigenvalue weighted by Crippen LogP contribution is 2.16. The van der Waals surface area contributed by atoms with Gasteiger partial charge in [0.05, 0.1) is 7.11 Å². The zero-order valence-electron chi connectivity index (χ0n) is 14.1. The number of nitrogens with two attached hydrogens (primary N) is 1. The minimum Gasteiger partial charge on any atom is -0.497 e. The number of nitrogens with one attached hydrogen (secondary N) is 2. The smallest absolute Gasteiger partial charge is 0.241 e. The molecule has 0 unspecified atom stereocenters. The molecule has 1 amide bonds. The Labute approximate surface area is 164 Å². The summed E-state index contributed by atoms with van der Waals surface area (Å²) in [4.78, 5) is 15.8. The molecule has 0 aliphatic carbocycles. The third kappa shape index (κ3) is 7.88.